The van der Waals surface area contributed by atoms with E-state index in [0.29, 0.717) is 30.6 Å². The molecule has 0 fully saturated rings. The van der Waals surface area contributed by atoms with Crippen LogP contribution in [0.4, 0.5) is 23.2 Å². The van der Waals surface area contributed by atoms with Crippen LogP contribution < -0.4 is 5.43 Å². The van der Waals surface area contributed by atoms with E-state index in [1.165, 1.54) is 24.3 Å². The molecule has 0 saturated heterocycles. The molecule has 1 aliphatic rings. The van der Waals surface area contributed by atoms with Crippen molar-refractivity contribution in [3.8, 4) is 0 Å². The van der Waals surface area contributed by atoms with Gasteiger partial charge in [0.15, 0.2) is 0 Å². The molecule has 0 saturated carbocycles. The van der Waals surface area contributed by atoms with Crippen LogP contribution in [0.1, 0.15) is 22.3 Å². The Hall–Kier alpha value is -2.86. The van der Waals surface area contributed by atoms with Gasteiger partial charge in [-0.25, -0.2) is 22.6 Å². The largest absolute Gasteiger partial charge is 0.318 e. The molecule has 0 aromatic heterocycles. The molecule has 4 rings (SSSR count). The number of hydrazine groups is 1. The van der Waals surface area contributed by atoms with Gasteiger partial charge in [0.2, 0.25) is 0 Å². The molecule has 0 radical (unpaired) electrons. The van der Waals surface area contributed by atoms with Crippen molar-refractivity contribution in [2.45, 2.75) is 19.5 Å². The summed E-state index contributed by atoms with van der Waals surface area (Å²) < 4.78 is 53.4. The normalized spacial score (nSPS) is 13.5. The van der Waals surface area contributed by atoms with Crippen molar-refractivity contribution >= 4 is 5.69 Å². The Kier molecular flexibility index (Phi) is 4.58. The number of rotatable bonds is 4. The Morgan fingerprint density at radius 2 is 1.30 bits per heavy atom. The van der Waals surface area contributed by atoms with Crippen LogP contribution in [0.3, 0.4) is 0 Å². The topological polar surface area (TPSA) is 15.3 Å². The summed E-state index contributed by atoms with van der Waals surface area (Å²) >= 11 is 0. The molecule has 3 aromatic carbocycles. The van der Waals surface area contributed by atoms with E-state index in [0.717, 1.165) is 28.9 Å². The third kappa shape index (κ3) is 4.11. The molecule has 138 valence electrons. The molecule has 1 N–H and O–H groups in total. The van der Waals surface area contributed by atoms with Crippen LogP contribution in [-0.4, -0.2) is 5.01 Å². The summed E-state index contributed by atoms with van der Waals surface area (Å²) in [6, 6.07) is 12.7. The van der Waals surface area contributed by atoms with Gasteiger partial charge in [0.05, 0.1) is 5.69 Å². The van der Waals surface area contributed by atoms with Crippen molar-refractivity contribution in [1.82, 2.24) is 5.01 Å². The van der Waals surface area contributed by atoms with Gasteiger partial charge in [-0.3, -0.25) is 0 Å². The molecule has 0 unspecified atom stereocenters. The fourth-order valence-electron chi connectivity index (χ4n) is 3.36. The minimum absolute atomic E-state index is 0.341. The van der Waals surface area contributed by atoms with E-state index in [4.69, 9.17) is 0 Å². The second-order valence-electron chi connectivity index (χ2n) is 6.69. The van der Waals surface area contributed by atoms with Crippen LogP contribution in [0.25, 0.3) is 0 Å². The zero-order valence-electron chi connectivity index (χ0n) is 14.3. The number of halogens is 4. The average molecular weight is 372 g/mol. The molecule has 6 heteroatoms. The van der Waals surface area contributed by atoms with Gasteiger partial charge in [-0.05, 0) is 59.0 Å². The fraction of sp³-hybridized carbons (Fsp3) is 0.143. The van der Waals surface area contributed by atoms with E-state index in [-0.39, 0.29) is 0 Å². The van der Waals surface area contributed by atoms with Gasteiger partial charge >= 0.3 is 0 Å². The molecule has 0 atom stereocenters. The quantitative estimate of drug-likeness (QED) is 0.635. The van der Waals surface area contributed by atoms with Crippen molar-refractivity contribution in [3.63, 3.8) is 0 Å². The molecular formula is C21H16F4N2. The lowest BCUT2D eigenvalue weighted by Crippen LogP contribution is -2.22. The minimum atomic E-state index is -0.605. The minimum Gasteiger partial charge on any atom is -0.318 e. The maximum absolute atomic E-state index is 13.4. The molecule has 1 aliphatic heterocycles. The predicted octanol–water partition coefficient (Wildman–Crippen LogP) is 5.18. The number of nitrogens with one attached hydrogen (secondary N) is 1. The lowest BCUT2D eigenvalue weighted by molar-refractivity contribution is 0.334. The van der Waals surface area contributed by atoms with E-state index < -0.39 is 23.3 Å². The zero-order chi connectivity index (χ0) is 19.0. The van der Waals surface area contributed by atoms with Gasteiger partial charge in [0.1, 0.15) is 23.3 Å². The summed E-state index contributed by atoms with van der Waals surface area (Å²) in [6.07, 6.45) is 0.402. The van der Waals surface area contributed by atoms with Crippen molar-refractivity contribution in [2.75, 3.05) is 5.43 Å². The number of hydrogen-bond donors (Lipinski definition) is 1. The first kappa shape index (κ1) is 17.5. The molecular weight excluding hydrogens is 356 g/mol. The summed E-state index contributed by atoms with van der Waals surface area (Å²) in [7, 11) is 0. The van der Waals surface area contributed by atoms with Crippen LogP contribution in [0.5, 0.6) is 0 Å². The molecule has 27 heavy (non-hydrogen) atoms. The fourth-order valence-corrected chi connectivity index (χ4v) is 3.36. The van der Waals surface area contributed by atoms with Crippen molar-refractivity contribution < 1.29 is 17.6 Å². The highest BCUT2D eigenvalue weighted by Crippen LogP contribution is 2.28. The van der Waals surface area contributed by atoms with Gasteiger partial charge < -0.3 is 5.43 Å². The highest BCUT2D eigenvalue weighted by atomic mass is 19.1. The highest BCUT2D eigenvalue weighted by molar-refractivity contribution is 5.56. The SMILES string of the molecule is Fc1cc(F)cc(Cc2ccc3c(c2)NN(Cc2cc(F)cc(F)c2)C3)c1. The second-order valence-corrected chi connectivity index (χ2v) is 6.69. The first-order chi connectivity index (χ1) is 12.9. The van der Waals surface area contributed by atoms with Crippen molar-refractivity contribution in [2.24, 2.45) is 0 Å². The first-order valence-electron chi connectivity index (χ1n) is 8.48. The monoisotopic (exact) mass is 372 g/mol. The molecule has 0 spiro atoms. The highest BCUT2D eigenvalue weighted by Gasteiger charge is 2.19. The van der Waals surface area contributed by atoms with Gasteiger partial charge in [-0.1, -0.05) is 12.1 Å². The maximum atomic E-state index is 13.4. The smallest absolute Gasteiger partial charge is 0.126 e. The Bertz CT molecular complexity index is 963. The lowest BCUT2D eigenvalue weighted by Gasteiger charge is -2.16. The third-order valence-electron chi connectivity index (χ3n) is 4.44. The van der Waals surface area contributed by atoms with Crippen molar-refractivity contribution in [1.29, 1.82) is 0 Å². The summed E-state index contributed by atoms with van der Waals surface area (Å²) in [4.78, 5) is 0. The summed E-state index contributed by atoms with van der Waals surface area (Å²) in [6.45, 7) is 0.927. The molecule has 2 nitrogen and oxygen atoms in total. The molecule has 0 amide bonds. The van der Waals surface area contributed by atoms with Gasteiger partial charge in [-0.15, -0.1) is 0 Å². The predicted molar refractivity (Wildman–Crippen MR) is 94.8 cm³/mol. The third-order valence-corrected chi connectivity index (χ3v) is 4.44. The van der Waals surface area contributed by atoms with E-state index in [1.807, 2.05) is 23.2 Å². The number of nitrogens with zero attached hydrogens (tertiary/aromatic N) is 1. The number of hydrogen-bond acceptors (Lipinski definition) is 2. The number of anilines is 1. The molecule has 1 heterocycles. The Morgan fingerprint density at radius 1 is 0.704 bits per heavy atom. The van der Waals surface area contributed by atoms with E-state index >= 15 is 0 Å². The van der Waals surface area contributed by atoms with Crippen LogP contribution in [0, 0.1) is 23.3 Å². The molecule has 0 bridgehead atoms. The number of fused-ring (bicyclic) bond motifs is 1. The summed E-state index contributed by atoms with van der Waals surface area (Å²) in [5.41, 5.74) is 7.12. The second kappa shape index (κ2) is 7.04. The molecule has 3 aromatic rings. The maximum Gasteiger partial charge on any atom is 0.126 e. The van der Waals surface area contributed by atoms with Crippen LogP contribution >= 0.6 is 0 Å². The summed E-state index contributed by atoms with van der Waals surface area (Å²) in [5, 5.41) is 1.85. The Labute approximate surface area is 154 Å². The van der Waals surface area contributed by atoms with Crippen LogP contribution in [-0.2, 0) is 19.5 Å². The molecule has 0 aliphatic carbocycles. The van der Waals surface area contributed by atoms with Gasteiger partial charge in [-0.2, -0.15) is 0 Å². The van der Waals surface area contributed by atoms with E-state index in [1.54, 1.807) is 0 Å². The first-order valence-corrected chi connectivity index (χ1v) is 8.48. The van der Waals surface area contributed by atoms with Crippen LogP contribution in [0.2, 0.25) is 0 Å². The Balaban J connectivity index is 1.48. The van der Waals surface area contributed by atoms with E-state index in [9.17, 15) is 17.6 Å². The van der Waals surface area contributed by atoms with Crippen molar-refractivity contribution in [3.05, 3.63) is 100 Å². The van der Waals surface area contributed by atoms with E-state index in [2.05, 4.69) is 5.43 Å². The average Bonchev–Trinajstić information content (AvgIpc) is 2.94. The standard InChI is InChI=1S/C21H16F4N2/c22-17-4-14(5-18(23)9-17)3-13-1-2-16-12-27(26-21(16)8-13)11-15-6-19(24)10-20(25)7-15/h1-2,4-10,26H,3,11-12H2. The lowest BCUT2D eigenvalue weighted by atomic mass is 10.0. The zero-order valence-corrected chi connectivity index (χ0v) is 14.3. The summed E-state index contributed by atoms with van der Waals surface area (Å²) in [5.74, 6) is -2.41. The van der Waals surface area contributed by atoms with Gasteiger partial charge in [0, 0.05) is 25.2 Å². The Morgan fingerprint density at radius 3 is 1.93 bits per heavy atom. The number of benzene rings is 3. The van der Waals surface area contributed by atoms with Gasteiger partial charge in [0.25, 0.3) is 0 Å². The van der Waals surface area contributed by atoms with Crippen LogP contribution in [0.15, 0.2) is 54.6 Å².